The van der Waals surface area contributed by atoms with Crippen molar-refractivity contribution in [3.8, 4) is 0 Å². The second-order valence-corrected chi connectivity index (χ2v) is 5.84. The molecule has 1 aliphatic rings. The first-order valence-electron chi connectivity index (χ1n) is 6.89. The molecule has 4 heteroatoms. The van der Waals surface area contributed by atoms with Crippen molar-refractivity contribution in [2.45, 2.75) is 71.1 Å². The van der Waals surface area contributed by atoms with Crippen LogP contribution in [0.2, 0.25) is 0 Å². The van der Waals surface area contributed by atoms with Crippen LogP contribution in [0.4, 0.5) is 0 Å². The van der Waals surface area contributed by atoms with E-state index in [1.165, 1.54) is 0 Å². The van der Waals surface area contributed by atoms with E-state index in [2.05, 4.69) is 13.8 Å². The lowest BCUT2D eigenvalue weighted by molar-refractivity contribution is -0.274. The molecule has 0 aromatic carbocycles. The molecule has 0 radical (unpaired) electrons. The standard InChI is InChI=1S/C14H28O4/c1-10(2)7-6-8-17-13-11(3)18-12(15)9-14(13,4)16-5/h10-13,15H,6-9H2,1-5H3/t11-,12?,13-,14+/m0/s1. The Bertz CT molecular complexity index is 244. The van der Waals surface area contributed by atoms with E-state index in [1.807, 2.05) is 13.8 Å². The van der Waals surface area contributed by atoms with Crippen molar-refractivity contribution in [2.24, 2.45) is 5.92 Å². The second kappa shape index (κ2) is 6.85. The third kappa shape index (κ3) is 4.19. The summed E-state index contributed by atoms with van der Waals surface area (Å²) in [6.07, 6.45) is 1.61. The van der Waals surface area contributed by atoms with Gasteiger partial charge in [0, 0.05) is 20.1 Å². The van der Waals surface area contributed by atoms with Crippen LogP contribution in [0.3, 0.4) is 0 Å². The van der Waals surface area contributed by atoms with Crippen LogP contribution in [0.1, 0.15) is 47.0 Å². The maximum Gasteiger partial charge on any atom is 0.157 e. The van der Waals surface area contributed by atoms with E-state index < -0.39 is 11.9 Å². The van der Waals surface area contributed by atoms with Crippen LogP contribution in [0.5, 0.6) is 0 Å². The van der Waals surface area contributed by atoms with Gasteiger partial charge in [-0.05, 0) is 32.6 Å². The lowest BCUT2D eigenvalue weighted by Gasteiger charge is -2.45. The fraction of sp³-hybridized carbons (Fsp3) is 1.00. The molecule has 0 aliphatic carbocycles. The molecular formula is C14H28O4. The Kier molecular flexibility index (Phi) is 6.05. The third-order valence-electron chi connectivity index (χ3n) is 3.67. The van der Waals surface area contributed by atoms with Crippen LogP contribution in [0, 0.1) is 5.92 Å². The van der Waals surface area contributed by atoms with E-state index in [9.17, 15) is 5.11 Å². The molecule has 18 heavy (non-hydrogen) atoms. The molecule has 1 aliphatic heterocycles. The predicted octanol–water partition coefficient (Wildman–Crippen LogP) is 2.34. The van der Waals surface area contributed by atoms with Crippen molar-refractivity contribution < 1.29 is 19.3 Å². The van der Waals surface area contributed by atoms with E-state index in [4.69, 9.17) is 14.2 Å². The monoisotopic (exact) mass is 260 g/mol. The van der Waals surface area contributed by atoms with Crippen molar-refractivity contribution in [3.63, 3.8) is 0 Å². The fourth-order valence-electron chi connectivity index (χ4n) is 2.54. The van der Waals surface area contributed by atoms with Crippen molar-refractivity contribution >= 4 is 0 Å². The van der Waals surface area contributed by atoms with E-state index in [0.717, 1.165) is 12.8 Å². The summed E-state index contributed by atoms with van der Waals surface area (Å²) in [6, 6.07) is 0. The van der Waals surface area contributed by atoms with Gasteiger partial charge >= 0.3 is 0 Å². The van der Waals surface area contributed by atoms with Gasteiger partial charge in [-0.3, -0.25) is 0 Å². The molecule has 0 spiro atoms. The molecule has 0 bridgehead atoms. The summed E-state index contributed by atoms with van der Waals surface area (Å²) in [7, 11) is 1.66. The lowest BCUT2D eigenvalue weighted by Crippen LogP contribution is -2.57. The van der Waals surface area contributed by atoms with Crippen LogP contribution in [0.15, 0.2) is 0 Å². The highest BCUT2D eigenvalue weighted by molar-refractivity contribution is 4.93. The summed E-state index contributed by atoms with van der Waals surface area (Å²) < 4.78 is 16.9. The minimum Gasteiger partial charge on any atom is -0.376 e. The molecular weight excluding hydrogens is 232 g/mol. The zero-order valence-corrected chi connectivity index (χ0v) is 12.3. The Morgan fingerprint density at radius 3 is 2.67 bits per heavy atom. The van der Waals surface area contributed by atoms with Gasteiger partial charge in [-0.15, -0.1) is 0 Å². The fourth-order valence-corrected chi connectivity index (χ4v) is 2.54. The first-order valence-corrected chi connectivity index (χ1v) is 6.89. The first-order chi connectivity index (χ1) is 8.39. The van der Waals surface area contributed by atoms with Crippen LogP contribution in [-0.4, -0.2) is 42.9 Å². The molecule has 1 saturated heterocycles. The van der Waals surface area contributed by atoms with E-state index in [-0.39, 0.29) is 12.2 Å². The van der Waals surface area contributed by atoms with Crippen molar-refractivity contribution in [1.82, 2.24) is 0 Å². The lowest BCUT2D eigenvalue weighted by atomic mass is 9.88. The van der Waals surface area contributed by atoms with E-state index in [0.29, 0.717) is 18.9 Å². The zero-order chi connectivity index (χ0) is 13.8. The van der Waals surface area contributed by atoms with Gasteiger partial charge in [-0.25, -0.2) is 0 Å². The molecule has 0 aromatic heterocycles. The maximum absolute atomic E-state index is 9.65. The van der Waals surface area contributed by atoms with E-state index in [1.54, 1.807) is 7.11 Å². The number of hydrogen-bond donors (Lipinski definition) is 1. The molecule has 0 saturated carbocycles. The Morgan fingerprint density at radius 2 is 2.11 bits per heavy atom. The van der Waals surface area contributed by atoms with Crippen LogP contribution in [-0.2, 0) is 14.2 Å². The number of ether oxygens (including phenoxy) is 3. The Hall–Kier alpha value is -0.160. The Balaban J connectivity index is 2.49. The van der Waals surface area contributed by atoms with Crippen molar-refractivity contribution in [1.29, 1.82) is 0 Å². The molecule has 0 aromatic rings. The highest BCUT2D eigenvalue weighted by atomic mass is 16.6. The number of aliphatic hydroxyl groups is 1. The number of hydrogen-bond acceptors (Lipinski definition) is 4. The van der Waals surface area contributed by atoms with Gasteiger partial charge in [0.1, 0.15) is 6.10 Å². The SMILES string of the molecule is CO[C@]1(C)CC(O)O[C@@H](C)[C@@H]1OCCCC(C)C. The number of methoxy groups -OCH3 is 1. The molecule has 1 rings (SSSR count). The van der Waals surface area contributed by atoms with Gasteiger partial charge in [0.25, 0.3) is 0 Å². The topological polar surface area (TPSA) is 47.9 Å². The molecule has 1 heterocycles. The summed E-state index contributed by atoms with van der Waals surface area (Å²) in [4.78, 5) is 0. The van der Waals surface area contributed by atoms with Crippen LogP contribution in [0.25, 0.3) is 0 Å². The Labute approximate surface area is 111 Å². The highest BCUT2D eigenvalue weighted by Gasteiger charge is 2.46. The van der Waals surface area contributed by atoms with Crippen molar-refractivity contribution in [2.75, 3.05) is 13.7 Å². The molecule has 108 valence electrons. The zero-order valence-electron chi connectivity index (χ0n) is 12.3. The minimum atomic E-state index is -0.763. The summed E-state index contributed by atoms with van der Waals surface area (Å²) in [5.41, 5.74) is -0.477. The minimum absolute atomic E-state index is 0.127. The predicted molar refractivity (Wildman–Crippen MR) is 70.4 cm³/mol. The van der Waals surface area contributed by atoms with Gasteiger partial charge in [-0.2, -0.15) is 0 Å². The molecule has 1 fully saturated rings. The van der Waals surface area contributed by atoms with Crippen LogP contribution >= 0.6 is 0 Å². The molecule has 4 atom stereocenters. The average Bonchev–Trinajstić information content (AvgIpc) is 2.26. The summed E-state index contributed by atoms with van der Waals surface area (Å²) in [5, 5.41) is 9.65. The molecule has 1 N–H and O–H groups in total. The van der Waals surface area contributed by atoms with Crippen molar-refractivity contribution in [3.05, 3.63) is 0 Å². The Morgan fingerprint density at radius 1 is 1.44 bits per heavy atom. The van der Waals surface area contributed by atoms with Gasteiger partial charge in [0.05, 0.1) is 11.7 Å². The summed E-state index contributed by atoms with van der Waals surface area (Å²) >= 11 is 0. The quantitative estimate of drug-likeness (QED) is 0.745. The summed E-state index contributed by atoms with van der Waals surface area (Å²) in [6.45, 7) is 9.03. The normalized spacial score (nSPS) is 37.2. The van der Waals surface area contributed by atoms with E-state index >= 15 is 0 Å². The number of rotatable bonds is 6. The summed E-state index contributed by atoms with van der Waals surface area (Å²) in [5.74, 6) is 0.698. The number of aliphatic hydroxyl groups excluding tert-OH is 1. The smallest absolute Gasteiger partial charge is 0.157 e. The largest absolute Gasteiger partial charge is 0.376 e. The van der Waals surface area contributed by atoms with Gasteiger partial charge in [-0.1, -0.05) is 13.8 Å². The van der Waals surface area contributed by atoms with Gasteiger partial charge < -0.3 is 19.3 Å². The van der Waals surface area contributed by atoms with Crippen LogP contribution < -0.4 is 0 Å². The highest BCUT2D eigenvalue weighted by Crippen LogP contribution is 2.33. The van der Waals surface area contributed by atoms with Gasteiger partial charge in [0.2, 0.25) is 0 Å². The maximum atomic E-state index is 9.65. The average molecular weight is 260 g/mol. The third-order valence-corrected chi connectivity index (χ3v) is 3.67. The first kappa shape index (κ1) is 15.9. The molecule has 0 amide bonds. The molecule has 1 unspecified atom stereocenters. The second-order valence-electron chi connectivity index (χ2n) is 5.84. The van der Waals surface area contributed by atoms with Gasteiger partial charge in [0.15, 0.2) is 6.29 Å². The molecule has 4 nitrogen and oxygen atoms in total.